The highest BCUT2D eigenvalue weighted by atomic mass is 16.4. The van der Waals surface area contributed by atoms with Crippen LogP contribution in [0.4, 0.5) is 0 Å². The molecule has 4 heteroatoms. The first kappa shape index (κ1) is 11.1. The van der Waals surface area contributed by atoms with Gasteiger partial charge in [-0.05, 0) is 12.1 Å². The fourth-order valence-electron chi connectivity index (χ4n) is 1.63. The van der Waals surface area contributed by atoms with Crippen LogP contribution in [0, 0.1) is 0 Å². The van der Waals surface area contributed by atoms with Crippen LogP contribution in [0.5, 0.6) is 0 Å². The first-order valence-electron chi connectivity index (χ1n) is 5.13. The molecule has 4 nitrogen and oxygen atoms in total. The van der Waals surface area contributed by atoms with Gasteiger partial charge in [0, 0.05) is 11.8 Å². The largest absolute Gasteiger partial charge is 0.548 e. The van der Waals surface area contributed by atoms with Gasteiger partial charge < -0.3 is 14.5 Å². The predicted octanol–water partition coefficient (Wildman–Crippen LogP) is 0.469. The zero-order valence-electron chi connectivity index (χ0n) is 9.00. The maximum absolute atomic E-state index is 12.1. The van der Waals surface area contributed by atoms with E-state index in [1.165, 1.54) is 4.57 Å². The van der Waals surface area contributed by atoms with E-state index in [0.29, 0.717) is 11.3 Å². The van der Waals surface area contributed by atoms with Crippen molar-refractivity contribution >= 4 is 11.8 Å². The molecule has 0 spiro atoms. The van der Waals surface area contributed by atoms with Crippen LogP contribution < -0.4 is 5.11 Å². The molecule has 17 heavy (non-hydrogen) atoms. The molecule has 0 N–H and O–H groups in total. The molecule has 0 radical (unpaired) electrons. The summed E-state index contributed by atoms with van der Waals surface area (Å²) < 4.78 is 1.37. The topological polar surface area (TPSA) is 62.1 Å². The molecule has 0 aliphatic heterocycles. The van der Waals surface area contributed by atoms with Crippen LogP contribution in [0.2, 0.25) is 0 Å². The minimum absolute atomic E-state index is 0.197. The third kappa shape index (κ3) is 2.42. The molecule has 1 heterocycles. The molecule has 2 rings (SSSR count). The van der Waals surface area contributed by atoms with Gasteiger partial charge in [-0.25, -0.2) is 0 Å². The Bertz CT molecular complexity index is 543. The maximum atomic E-state index is 12.1. The van der Waals surface area contributed by atoms with Crippen LogP contribution in [0.3, 0.4) is 0 Å². The van der Waals surface area contributed by atoms with Crippen LogP contribution in [0.15, 0.2) is 48.7 Å². The number of benzene rings is 1. The summed E-state index contributed by atoms with van der Waals surface area (Å²) in [6.45, 7) is -0.319. The number of ketones is 1. The maximum Gasteiger partial charge on any atom is 0.209 e. The van der Waals surface area contributed by atoms with E-state index in [9.17, 15) is 14.7 Å². The van der Waals surface area contributed by atoms with Crippen molar-refractivity contribution < 1.29 is 14.7 Å². The van der Waals surface area contributed by atoms with Gasteiger partial charge in [-0.2, -0.15) is 0 Å². The summed E-state index contributed by atoms with van der Waals surface area (Å²) in [5.41, 5.74) is 0.881. The van der Waals surface area contributed by atoms with Crippen molar-refractivity contribution in [3.05, 3.63) is 59.9 Å². The average Bonchev–Trinajstić information content (AvgIpc) is 2.76. The van der Waals surface area contributed by atoms with Crippen molar-refractivity contribution in [2.45, 2.75) is 6.54 Å². The summed E-state index contributed by atoms with van der Waals surface area (Å²) in [7, 11) is 0. The summed E-state index contributed by atoms with van der Waals surface area (Å²) in [6.07, 6.45) is 1.55. The highest BCUT2D eigenvalue weighted by Gasteiger charge is 2.12. The van der Waals surface area contributed by atoms with Gasteiger partial charge in [0.25, 0.3) is 0 Å². The third-order valence-electron chi connectivity index (χ3n) is 2.40. The Hall–Kier alpha value is -2.36. The molecule has 1 aromatic heterocycles. The lowest BCUT2D eigenvalue weighted by atomic mass is 10.1. The van der Waals surface area contributed by atoms with E-state index in [4.69, 9.17) is 0 Å². The Morgan fingerprint density at radius 3 is 2.41 bits per heavy atom. The zero-order chi connectivity index (χ0) is 12.3. The van der Waals surface area contributed by atoms with Gasteiger partial charge in [-0.1, -0.05) is 30.3 Å². The fraction of sp³-hybridized carbons (Fsp3) is 0.0769. The Balaban J connectivity index is 2.32. The standard InChI is InChI=1S/C13H11NO3/c15-12(16)9-14-8-4-7-11(14)13(17)10-5-2-1-3-6-10/h1-8H,9H2,(H,15,16)/p-1. The second-order valence-electron chi connectivity index (χ2n) is 3.59. The number of rotatable bonds is 4. The Kier molecular flexibility index (Phi) is 3.05. The molecule has 0 fully saturated rings. The number of nitrogens with zero attached hydrogens (tertiary/aromatic N) is 1. The van der Waals surface area contributed by atoms with E-state index < -0.39 is 5.97 Å². The lowest BCUT2D eigenvalue weighted by molar-refractivity contribution is -0.306. The highest BCUT2D eigenvalue weighted by molar-refractivity contribution is 6.08. The quantitative estimate of drug-likeness (QED) is 0.714. The summed E-state index contributed by atoms with van der Waals surface area (Å²) in [4.78, 5) is 22.6. The van der Waals surface area contributed by atoms with Crippen LogP contribution in [-0.2, 0) is 11.3 Å². The van der Waals surface area contributed by atoms with E-state index in [-0.39, 0.29) is 12.3 Å². The van der Waals surface area contributed by atoms with Crippen molar-refractivity contribution in [2.24, 2.45) is 0 Å². The number of aromatic nitrogens is 1. The van der Waals surface area contributed by atoms with E-state index in [1.807, 2.05) is 6.07 Å². The molecule has 0 aliphatic rings. The van der Waals surface area contributed by atoms with Crippen LogP contribution in [0.25, 0.3) is 0 Å². The number of carboxylic acids is 1. The molecule has 0 amide bonds. The van der Waals surface area contributed by atoms with Crippen molar-refractivity contribution in [1.29, 1.82) is 0 Å². The highest BCUT2D eigenvalue weighted by Crippen LogP contribution is 2.10. The molecule has 1 aromatic carbocycles. The Labute approximate surface area is 98.1 Å². The molecule has 0 bridgehead atoms. The van der Waals surface area contributed by atoms with Gasteiger partial charge in [0.2, 0.25) is 5.78 Å². The molecule has 0 atom stereocenters. The molecule has 0 aliphatic carbocycles. The molecule has 0 saturated carbocycles. The summed E-state index contributed by atoms with van der Waals surface area (Å²) >= 11 is 0. The minimum Gasteiger partial charge on any atom is -0.548 e. The van der Waals surface area contributed by atoms with Gasteiger partial charge in [0.15, 0.2) is 0 Å². The second-order valence-corrected chi connectivity index (χ2v) is 3.59. The normalized spacial score (nSPS) is 10.1. The number of carbonyl (C=O) groups excluding carboxylic acids is 2. The van der Waals surface area contributed by atoms with Crippen LogP contribution >= 0.6 is 0 Å². The number of hydrogen-bond acceptors (Lipinski definition) is 3. The number of carbonyl (C=O) groups is 2. The second kappa shape index (κ2) is 4.65. The zero-order valence-corrected chi connectivity index (χ0v) is 9.00. The molecule has 0 unspecified atom stereocenters. The number of aliphatic carboxylic acids is 1. The molecule has 86 valence electrons. The van der Waals surface area contributed by atoms with Gasteiger partial charge in [0.05, 0.1) is 18.2 Å². The first-order chi connectivity index (χ1) is 8.18. The molecular weight excluding hydrogens is 218 g/mol. The van der Waals surface area contributed by atoms with Crippen molar-refractivity contribution in [1.82, 2.24) is 4.57 Å². The molecule has 2 aromatic rings. The fourth-order valence-corrected chi connectivity index (χ4v) is 1.63. The predicted molar refractivity (Wildman–Crippen MR) is 59.3 cm³/mol. The summed E-state index contributed by atoms with van der Waals surface area (Å²) in [6, 6.07) is 12.0. The summed E-state index contributed by atoms with van der Waals surface area (Å²) in [5.74, 6) is -1.42. The van der Waals surface area contributed by atoms with Gasteiger partial charge in [-0.15, -0.1) is 0 Å². The third-order valence-corrected chi connectivity index (χ3v) is 2.40. The average molecular weight is 228 g/mol. The number of hydrogen-bond donors (Lipinski definition) is 0. The van der Waals surface area contributed by atoms with Crippen molar-refractivity contribution in [2.75, 3.05) is 0 Å². The van der Waals surface area contributed by atoms with Crippen molar-refractivity contribution in [3.63, 3.8) is 0 Å². The minimum atomic E-state index is -1.22. The van der Waals surface area contributed by atoms with E-state index in [0.717, 1.165) is 0 Å². The van der Waals surface area contributed by atoms with E-state index in [1.54, 1.807) is 42.6 Å². The van der Waals surface area contributed by atoms with E-state index >= 15 is 0 Å². The Morgan fingerprint density at radius 2 is 1.76 bits per heavy atom. The first-order valence-corrected chi connectivity index (χ1v) is 5.13. The smallest absolute Gasteiger partial charge is 0.209 e. The van der Waals surface area contributed by atoms with Crippen molar-refractivity contribution in [3.8, 4) is 0 Å². The van der Waals surface area contributed by atoms with E-state index in [2.05, 4.69) is 0 Å². The lowest BCUT2D eigenvalue weighted by Gasteiger charge is -2.08. The monoisotopic (exact) mass is 228 g/mol. The van der Waals surface area contributed by atoms with Crippen LogP contribution in [-0.4, -0.2) is 16.3 Å². The number of carboxylic acid groups (broad SMARTS) is 1. The summed E-state index contributed by atoms with van der Waals surface area (Å²) in [5, 5.41) is 10.5. The SMILES string of the molecule is O=C([O-])Cn1cccc1C(=O)c1ccccc1. The molecule has 0 saturated heterocycles. The Morgan fingerprint density at radius 1 is 1.06 bits per heavy atom. The van der Waals surface area contributed by atoms with Gasteiger partial charge in [0.1, 0.15) is 0 Å². The lowest BCUT2D eigenvalue weighted by Crippen LogP contribution is -2.28. The van der Waals surface area contributed by atoms with Gasteiger partial charge >= 0.3 is 0 Å². The van der Waals surface area contributed by atoms with Crippen LogP contribution in [0.1, 0.15) is 16.1 Å². The molecular formula is C13H10NO3-. The van der Waals surface area contributed by atoms with Gasteiger partial charge in [-0.3, -0.25) is 4.79 Å².